The molecule has 2 heterocycles. The number of nitrogens with zero attached hydrogens (tertiary/aromatic N) is 4. The Hall–Kier alpha value is -3.71. The van der Waals surface area contributed by atoms with Gasteiger partial charge in [-0.1, -0.05) is 48.0 Å². The number of halogens is 1. The molecule has 0 saturated carbocycles. The molecule has 0 fully saturated rings. The Bertz CT molecular complexity index is 1570. The number of hydrogen-bond donors (Lipinski definition) is 2. The van der Waals surface area contributed by atoms with E-state index in [4.69, 9.17) is 11.6 Å². The molecule has 0 amide bonds. The topological polar surface area (TPSA) is 111 Å². The maximum atomic E-state index is 12.5. The van der Waals surface area contributed by atoms with E-state index in [-0.39, 0.29) is 22.6 Å². The van der Waals surface area contributed by atoms with Gasteiger partial charge in [-0.2, -0.15) is 5.26 Å². The van der Waals surface area contributed by atoms with Crippen LogP contribution in [-0.4, -0.2) is 49.7 Å². The summed E-state index contributed by atoms with van der Waals surface area (Å²) in [6.45, 7) is 2.40. The molecule has 1 atom stereocenters. The second kappa shape index (κ2) is 11.1. The zero-order valence-electron chi connectivity index (χ0n) is 20.7. The van der Waals surface area contributed by atoms with Crippen LogP contribution in [0.2, 0.25) is 5.15 Å². The summed E-state index contributed by atoms with van der Waals surface area (Å²) in [4.78, 5) is 10.4. The first-order valence-electron chi connectivity index (χ1n) is 11.6. The standard InChI is InChI=1S/C27H27ClN6O2S/c1-18(19-7-5-4-6-8-19)32-26-22(15-29)17-30-24-10-9-20(13-23(24)26)21-14-25(27(28)31-16-21)33-37(35,36)12-11-34(2)3/h4-10,13-14,16-18,33H,11-12H2,1-3H3,(H,30,32). The van der Waals surface area contributed by atoms with Crippen LogP contribution in [0, 0.1) is 11.3 Å². The first-order valence-corrected chi connectivity index (χ1v) is 13.7. The minimum absolute atomic E-state index is 0.0528. The van der Waals surface area contributed by atoms with Gasteiger partial charge in [-0.3, -0.25) is 9.71 Å². The molecule has 4 rings (SSSR count). The monoisotopic (exact) mass is 534 g/mol. The number of pyridine rings is 2. The Morgan fingerprint density at radius 3 is 2.51 bits per heavy atom. The molecule has 0 radical (unpaired) electrons. The van der Waals surface area contributed by atoms with Crippen molar-refractivity contribution < 1.29 is 8.42 Å². The molecule has 2 aromatic carbocycles. The van der Waals surface area contributed by atoms with Gasteiger partial charge in [0.15, 0.2) is 5.15 Å². The Morgan fingerprint density at radius 1 is 1.05 bits per heavy atom. The Kier molecular flexibility index (Phi) is 7.93. The second-order valence-electron chi connectivity index (χ2n) is 8.95. The summed E-state index contributed by atoms with van der Waals surface area (Å²) >= 11 is 6.22. The van der Waals surface area contributed by atoms with Gasteiger partial charge in [0, 0.05) is 35.9 Å². The maximum absolute atomic E-state index is 12.5. The van der Waals surface area contributed by atoms with Crippen LogP contribution < -0.4 is 10.0 Å². The van der Waals surface area contributed by atoms with Crippen LogP contribution in [-0.2, 0) is 10.0 Å². The van der Waals surface area contributed by atoms with Crippen molar-refractivity contribution in [2.75, 3.05) is 36.4 Å². The number of anilines is 2. The van der Waals surface area contributed by atoms with E-state index in [2.05, 4.69) is 26.1 Å². The normalized spacial score (nSPS) is 12.3. The van der Waals surface area contributed by atoms with Crippen LogP contribution in [0.4, 0.5) is 11.4 Å². The van der Waals surface area contributed by atoms with E-state index >= 15 is 0 Å². The predicted molar refractivity (Wildman–Crippen MR) is 149 cm³/mol. The Morgan fingerprint density at radius 2 is 1.81 bits per heavy atom. The predicted octanol–water partition coefficient (Wildman–Crippen LogP) is 5.30. The fraction of sp³-hybridized carbons (Fsp3) is 0.222. The molecule has 0 spiro atoms. The number of sulfonamides is 1. The molecule has 10 heteroatoms. The van der Waals surface area contributed by atoms with E-state index in [1.54, 1.807) is 37.5 Å². The van der Waals surface area contributed by atoms with Crippen molar-refractivity contribution in [1.82, 2.24) is 14.9 Å². The molecule has 0 aliphatic carbocycles. The molecule has 2 N–H and O–H groups in total. The SMILES string of the molecule is CC(Nc1c(C#N)cnc2ccc(-c3cnc(Cl)c(NS(=O)(=O)CCN(C)C)c3)cc12)c1ccccc1. The number of aromatic nitrogens is 2. The minimum atomic E-state index is -3.61. The van der Waals surface area contributed by atoms with Gasteiger partial charge in [-0.25, -0.2) is 13.4 Å². The quantitative estimate of drug-likeness (QED) is 0.280. The second-order valence-corrected chi connectivity index (χ2v) is 11.2. The van der Waals surface area contributed by atoms with Crippen molar-refractivity contribution in [2.45, 2.75) is 13.0 Å². The van der Waals surface area contributed by atoms with E-state index in [1.165, 1.54) is 0 Å². The number of fused-ring (bicyclic) bond motifs is 1. The highest BCUT2D eigenvalue weighted by Crippen LogP contribution is 2.34. The van der Waals surface area contributed by atoms with Crippen molar-refractivity contribution in [3.05, 3.63) is 83.3 Å². The average Bonchev–Trinajstić information content (AvgIpc) is 2.89. The first-order chi connectivity index (χ1) is 17.7. The Balaban J connectivity index is 1.72. The summed E-state index contributed by atoms with van der Waals surface area (Å²) in [5, 5.41) is 14.1. The van der Waals surface area contributed by atoms with Crippen molar-refractivity contribution in [3.8, 4) is 17.2 Å². The molecule has 1 unspecified atom stereocenters. The number of rotatable bonds is 9. The van der Waals surface area contributed by atoms with Crippen molar-refractivity contribution >= 4 is 43.9 Å². The highest BCUT2D eigenvalue weighted by atomic mass is 35.5. The largest absolute Gasteiger partial charge is 0.377 e. The highest BCUT2D eigenvalue weighted by Gasteiger charge is 2.17. The van der Waals surface area contributed by atoms with Crippen molar-refractivity contribution in [2.24, 2.45) is 0 Å². The molecule has 0 bridgehead atoms. The van der Waals surface area contributed by atoms with Crippen LogP contribution in [0.15, 0.2) is 67.0 Å². The van der Waals surface area contributed by atoms with Crippen LogP contribution >= 0.6 is 11.6 Å². The summed E-state index contributed by atoms with van der Waals surface area (Å²) in [5.74, 6) is -0.0756. The summed E-state index contributed by atoms with van der Waals surface area (Å²) in [5.41, 5.74) is 4.56. The van der Waals surface area contributed by atoms with Crippen LogP contribution in [0.5, 0.6) is 0 Å². The lowest BCUT2D eigenvalue weighted by Crippen LogP contribution is -2.26. The van der Waals surface area contributed by atoms with Gasteiger partial charge >= 0.3 is 0 Å². The first kappa shape index (κ1) is 26.4. The lowest BCUT2D eigenvalue weighted by atomic mass is 10.0. The lowest BCUT2D eigenvalue weighted by molar-refractivity contribution is 0.432. The number of nitriles is 1. The van der Waals surface area contributed by atoms with Gasteiger partial charge in [0.1, 0.15) is 6.07 Å². The number of nitrogens with one attached hydrogen (secondary N) is 2. The molecule has 4 aromatic rings. The van der Waals surface area contributed by atoms with E-state index in [1.807, 2.05) is 55.5 Å². The summed E-state index contributed by atoms with van der Waals surface area (Å²) < 4.78 is 27.6. The molecule has 37 heavy (non-hydrogen) atoms. The van der Waals surface area contributed by atoms with Crippen molar-refractivity contribution in [3.63, 3.8) is 0 Å². The van der Waals surface area contributed by atoms with Gasteiger partial charge in [0.25, 0.3) is 0 Å². The van der Waals surface area contributed by atoms with Crippen molar-refractivity contribution in [1.29, 1.82) is 5.26 Å². The van der Waals surface area contributed by atoms with E-state index in [9.17, 15) is 13.7 Å². The molecular formula is C27H27ClN6O2S. The number of benzene rings is 2. The fourth-order valence-corrected chi connectivity index (χ4v) is 5.26. The van der Waals surface area contributed by atoms with E-state index < -0.39 is 10.0 Å². The molecule has 2 aromatic heterocycles. The lowest BCUT2D eigenvalue weighted by Gasteiger charge is -2.19. The summed E-state index contributed by atoms with van der Waals surface area (Å²) in [6.07, 6.45) is 3.15. The average molecular weight is 535 g/mol. The third-order valence-corrected chi connectivity index (χ3v) is 7.45. The van der Waals surface area contributed by atoms with Crippen LogP contribution in [0.3, 0.4) is 0 Å². The number of hydrogen-bond acceptors (Lipinski definition) is 7. The van der Waals surface area contributed by atoms with Gasteiger partial charge in [-0.15, -0.1) is 0 Å². The van der Waals surface area contributed by atoms with Gasteiger partial charge in [0.2, 0.25) is 10.0 Å². The molecule has 0 saturated heterocycles. The third kappa shape index (κ3) is 6.35. The van der Waals surface area contributed by atoms with Gasteiger partial charge in [0.05, 0.1) is 28.2 Å². The summed E-state index contributed by atoms with van der Waals surface area (Å²) in [7, 11) is -0.00107. The molecular weight excluding hydrogens is 508 g/mol. The zero-order chi connectivity index (χ0) is 26.6. The van der Waals surface area contributed by atoms with E-state index in [0.717, 1.165) is 22.0 Å². The highest BCUT2D eigenvalue weighted by molar-refractivity contribution is 7.92. The summed E-state index contributed by atoms with van der Waals surface area (Å²) in [6, 6.07) is 19.4. The van der Waals surface area contributed by atoms with Crippen LogP contribution in [0.1, 0.15) is 24.1 Å². The third-order valence-electron chi connectivity index (χ3n) is 5.89. The zero-order valence-corrected chi connectivity index (χ0v) is 22.3. The van der Waals surface area contributed by atoms with Gasteiger partial charge in [-0.05, 0) is 50.3 Å². The molecule has 0 aliphatic heterocycles. The van der Waals surface area contributed by atoms with E-state index in [0.29, 0.717) is 23.4 Å². The molecule has 0 aliphatic rings. The Labute approximate surface area is 222 Å². The molecule has 8 nitrogen and oxygen atoms in total. The van der Waals surface area contributed by atoms with Crippen LogP contribution in [0.25, 0.3) is 22.0 Å². The molecule has 190 valence electrons. The maximum Gasteiger partial charge on any atom is 0.234 e. The minimum Gasteiger partial charge on any atom is -0.377 e. The smallest absolute Gasteiger partial charge is 0.234 e. The van der Waals surface area contributed by atoms with Gasteiger partial charge < -0.3 is 10.2 Å². The fourth-order valence-electron chi connectivity index (χ4n) is 3.85.